The number of Topliss-reactive ketones (excluding diaryl/α,β-unsaturated/α-hetero) is 1. The Morgan fingerprint density at radius 1 is 1.05 bits per heavy atom. The van der Waals surface area contributed by atoms with Gasteiger partial charge in [-0.05, 0) is 46.8 Å². The molecule has 0 saturated heterocycles. The summed E-state index contributed by atoms with van der Waals surface area (Å²) < 4.78 is 42.1. The third-order valence-electron chi connectivity index (χ3n) is 4.58. The zero-order valence-electron chi connectivity index (χ0n) is 19.2. The summed E-state index contributed by atoms with van der Waals surface area (Å²) in [5.74, 6) is -4.15. The van der Waals surface area contributed by atoms with Crippen LogP contribution in [-0.2, 0) is 32.3 Å². The van der Waals surface area contributed by atoms with Crippen LogP contribution in [0, 0.1) is 0 Å². The number of hydrogen-bond donors (Lipinski definition) is 3. The number of tetrazole rings is 1. The highest BCUT2D eigenvalue weighted by Crippen LogP contribution is 2.26. The number of ketones is 1. The molecule has 1 atom stereocenters. The second-order valence-electron chi connectivity index (χ2n) is 7.50. The van der Waals surface area contributed by atoms with Gasteiger partial charge in [-0.25, -0.2) is 4.79 Å². The summed E-state index contributed by atoms with van der Waals surface area (Å²) in [6, 6.07) is 12.6. The quantitative estimate of drug-likeness (QED) is 0.322. The number of benzene rings is 2. The molecule has 0 spiro atoms. The third-order valence-corrected chi connectivity index (χ3v) is 5.44. The summed E-state index contributed by atoms with van der Waals surface area (Å²) in [6.07, 6.45) is -6.70. The van der Waals surface area contributed by atoms with E-state index in [1.54, 1.807) is 35.6 Å². The summed E-state index contributed by atoms with van der Waals surface area (Å²) >= 11 is 0.967. The molecule has 200 valence electrons. The van der Waals surface area contributed by atoms with Gasteiger partial charge in [0.15, 0.2) is 5.78 Å². The van der Waals surface area contributed by atoms with E-state index in [1.165, 1.54) is 24.3 Å². The van der Waals surface area contributed by atoms with E-state index in [0.717, 1.165) is 16.6 Å². The average molecular weight is 552 g/mol. The van der Waals surface area contributed by atoms with Crippen LogP contribution in [0.15, 0.2) is 64.6 Å². The largest absolute Gasteiger partial charge is 0.481 e. The number of aliphatic carboxylic acids is 1. The Hall–Kier alpha value is -4.47. The molecule has 0 fully saturated rings. The van der Waals surface area contributed by atoms with Crippen LogP contribution in [0.1, 0.15) is 12.0 Å². The molecular formula is C22H19F3N6O6S. The van der Waals surface area contributed by atoms with Gasteiger partial charge in [-0.2, -0.15) is 18.0 Å². The molecule has 0 aliphatic rings. The molecule has 2 aromatic carbocycles. The molecule has 1 unspecified atom stereocenters. The first-order valence-corrected chi connectivity index (χ1v) is 11.5. The fourth-order valence-electron chi connectivity index (χ4n) is 2.83. The molecule has 0 radical (unpaired) electrons. The number of ether oxygens (including phenoxy) is 1. The van der Waals surface area contributed by atoms with Crippen LogP contribution in [0.25, 0.3) is 0 Å². The van der Waals surface area contributed by atoms with Crippen LogP contribution >= 0.6 is 11.8 Å². The Morgan fingerprint density at radius 2 is 1.74 bits per heavy atom. The van der Waals surface area contributed by atoms with Crippen LogP contribution < -0.4 is 10.6 Å². The lowest BCUT2D eigenvalue weighted by molar-refractivity contribution is -0.167. The summed E-state index contributed by atoms with van der Waals surface area (Å²) in [7, 11) is 0. The molecule has 0 bridgehead atoms. The molecule has 1 aromatic heterocycles. The van der Waals surface area contributed by atoms with Crippen molar-refractivity contribution < 1.29 is 42.2 Å². The lowest BCUT2D eigenvalue weighted by atomic mass is 10.1. The van der Waals surface area contributed by atoms with E-state index in [9.17, 15) is 32.3 Å². The molecule has 38 heavy (non-hydrogen) atoms. The predicted octanol–water partition coefficient (Wildman–Crippen LogP) is 2.66. The first-order chi connectivity index (χ1) is 18.0. The summed E-state index contributed by atoms with van der Waals surface area (Å²) in [5.41, 5.74) is 0.624. The molecule has 2 amide bonds. The minimum atomic E-state index is -5.02. The van der Waals surface area contributed by atoms with Gasteiger partial charge in [-0.15, -0.1) is 10.2 Å². The highest BCUT2D eigenvalue weighted by Gasteiger charge is 2.38. The third kappa shape index (κ3) is 8.88. The van der Waals surface area contributed by atoms with Crippen molar-refractivity contribution in [2.75, 3.05) is 5.32 Å². The van der Waals surface area contributed by atoms with E-state index in [1.807, 2.05) is 0 Å². The van der Waals surface area contributed by atoms with Crippen molar-refractivity contribution in [3.05, 3.63) is 60.2 Å². The molecule has 3 N–H and O–H groups in total. The fourth-order valence-corrected chi connectivity index (χ4v) is 3.52. The summed E-state index contributed by atoms with van der Waals surface area (Å²) in [6.45, 7) is -0.589. The van der Waals surface area contributed by atoms with Gasteiger partial charge in [-0.1, -0.05) is 30.3 Å². The fraction of sp³-hybridized carbons (Fsp3) is 0.227. The van der Waals surface area contributed by atoms with E-state index in [2.05, 4.69) is 20.7 Å². The van der Waals surface area contributed by atoms with Crippen LogP contribution in [0.2, 0.25) is 0 Å². The van der Waals surface area contributed by atoms with Gasteiger partial charge in [0.1, 0.15) is 19.2 Å². The van der Waals surface area contributed by atoms with Crippen molar-refractivity contribution >= 4 is 41.2 Å². The Bertz CT molecular complexity index is 1290. The number of nitrogens with one attached hydrogen (secondary N) is 2. The maximum Gasteiger partial charge on any atom is 0.471 e. The molecule has 3 aromatic rings. The van der Waals surface area contributed by atoms with Gasteiger partial charge in [0, 0.05) is 10.6 Å². The maximum atomic E-state index is 12.6. The van der Waals surface area contributed by atoms with Crippen LogP contribution in [0.4, 0.5) is 23.7 Å². The van der Waals surface area contributed by atoms with Gasteiger partial charge in [0.25, 0.3) is 0 Å². The van der Waals surface area contributed by atoms with Crippen LogP contribution in [-0.4, -0.2) is 61.3 Å². The second-order valence-corrected chi connectivity index (χ2v) is 8.54. The molecule has 0 saturated carbocycles. The molecule has 1 heterocycles. The summed E-state index contributed by atoms with van der Waals surface area (Å²) in [5, 5.41) is 24.6. The predicted molar refractivity (Wildman–Crippen MR) is 124 cm³/mol. The van der Waals surface area contributed by atoms with Crippen LogP contribution in [0.5, 0.6) is 0 Å². The van der Waals surface area contributed by atoms with Crippen molar-refractivity contribution in [1.82, 2.24) is 25.5 Å². The van der Waals surface area contributed by atoms with Gasteiger partial charge < -0.3 is 20.5 Å². The number of rotatable bonds is 11. The van der Waals surface area contributed by atoms with E-state index in [0.29, 0.717) is 10.5 Å². The maximum absolute atomic E-state index is 12.6. The Morgan fingerprint density at radius 3 is 2.37 bits per heavy atom. The van der Waals surface area contributed by atoms with Crippen molar-refractivity contribution in [3.63, 3.8) is 0 Å². The lowest BCUT2D eigenvalue weighted by Crippen LogP contribution is -2.44. The highest BCUT2D eigenvalue weighted by molar-refractivity contribution is 7.99. The molecular weight excluding hydrogens is 533 g/mol. The van der Waals surface area contributed by atoms with Crippen molar-refractivity contribution in [2.45, 2.75) is 41.8 Å². The van der Waals surface area contributed by atoms with Crippen LogP contribution in [0.3, 0.4) is 0 Å². The number of anilines is 1. The smallest absolute Gasteiger partial charge is 0.471 e. The average Bonchev–Trinajstić information content (AvgIpc) is 3.29. The first kappa shape index (κ1) is 28.1. The highest BCUT2D eigenvalue weighted by atomic mass is 32.2. The minimum absolute atomic E-state index is 0.0712. The number of carbonyl (C=O) groups excluding carboxylic acids is 3. The van der Waals surface area contributed by atoms with Gasteiger partial charge in [0.2, 0.25) is 5.16 Å². The number of carbonyl (C=O) groups is 4. The monoisotopic (exact) mass is 552 g/mol. The number of aromatic nitrogens is 4. The number of amides is 2. The molecule has 0 aliphatic carbocycles. The molecule has 0 aliphatic heterocycles. The molecule has 16 heteroatoms. The minimum Gasteiger partial charge on any atom is -0.481 e. The van der Waals surface area contributed by atoms with Gasteiger partial charge >= 0.3 is 24.1 Å². The van der Waals surface area contributed by atoms with Crippen molar-refractivity contribution in [3.8, 4) is 0 Å². The topological polar surface area (TPSA) is 165 Å². The number of carboxylic acid groups (broad SMARTS) is 1. The zero-order valence-corrected chi connectivity index (χ0v) is 20.0. The number of hydrogen-bond acceptors (Lipinski definition) is 9. The van der Waals surface area contributed by atoms with E-state index < -0.39 is 48.9 Å². The second kappa shape index (κ2) is 12.7. The van der Waals surface area contributed by atoms with E-state index in [-0.39, 0.29) is 17.5 Å². The normalized spacial score (nSPS) is 11.9. The number of carboxylic acids is 1. The van der Waals surface area contributed by atoms with Gasteiger partial charge in [-0.3, -0.25) is 14.4 Å². The Labute approximate surface area is 216 Å². The SMILES string of the molecule is O=C(O)CC(NC(=O)OCc1ccccc1)C(=O)Cn1nnc(Sc2ccc(NC(=O)C(F)(F)F)cc2)n1. The number of alkyl halides is 3. The van der Waals surface area contributed by atoms with E-state index in [4.69, 9.17) is 9.84 Å². The first-order valence-electron chi connectivity index (χ1n) is 10.6. The lowest BCUT2D eigenvalue weighted by Gasteiger charge is -2.15. The van der Waals surface area contributed by atoms with E-state index >= 15 is 0 Å². The number of halogens is 3. The summed E-state index contributed by atoms with van der Waals surface area (Å²) in [4.78, 5) is 48.3. The Kier molecular flexibility index (Phi) is 9.37. The van der Waals surface area contributed by atoms with Crippen molar-refractivity contribution in [2.24, 2.45) is 0 Å². The molecule has 3 rings (SSSR count). The standard InChI is InChI=1S/C22H19F3N6O6S/c23-22(24,25)19(35)26-14-6-8-15(9-7-14)38-20-28-30-31(29-20)11-17(32)16(10-18(33)34)27-21(36)37-12-13-4-2-1-3-5-13/h1-9,16H,10-12H2,(H,26,35)(H,27,36)(H,33,34). The number of alkyl carbamates (subject to hydrolysis) is 1. The Balaban J connectivity index is 1.55. The van der Waals surface area contributed by atoms with Crippen molar-refractivity contribution in [1.29, 1.82) is 0 Å². The number of nitrogens with zero attached hydrogens (tertiary/aromatic N) is 4. The zero-order chi connectivity index (χ0) is 27.7. The molecule has 12 nitrogen and oxygen atoms in total. The van der Waals surface area contributed by atoms with Gasteiger partial charge in [0.05, 0.1) is 6.42 Å².